The van der Waals surface area contributed by atoms with Gasteiger partial charge in [-0.25, -0.2) is 4.39 Å². The van der Waals surface area contributed by atoms with Crippen LogP contribution in [0.5, 0.6) is 0 Å². The molecule has 0 bridgehead atoms. The average molecular weight is 348 g/mol. The molecular weight excluding hydrogens is 319 g/mol. The Morgan fingerprint density at radius 3 is 2.32 bits per heavy atom. The number of nitrogens with zero attached hydrogens (tertiary/aromatic N) is 1. The zero-order valence-corrected chi connectivity index (χ0v) is 15.5. The van der Waals surface area contributed by atoms with Crippen molar-refractivity contribution in [3.8, 4) is 0 Å². The van der Waals surface area contributed by atoms with Crippen LogP contribution >= 0.6 is 0 Å². The maximum atomic E-state index is 12.9. The number of aryl methyl sites for hydroxylation is 1. The number of hydrogen-bond acceptors (Lipinski definition) is 2. The summed E-state index contributed by atoms with van der Waals surface area (Å²) in [4.78, 5) is 26.2. The number of carbonyl (C=O) groups is 2. The lowest BCUT2D eigenvalue weighted by molar-refractivity contribution is -0.132. The first kappa shape index (κ1) is 19.4. The molecule has 1 fully saturated rings. The van der Waals surface area contributed by atoms with Gasteiger partial charge in [-0.2, -0.15) is 0 Å². The quantitative estimate of drug-likeness (QED) is 0.887. The highest BCUT2D eigenvalue weighted by molar-refractivity contribution is 5.77. The van der Waals surface area contributed by atoms with E-state index in [-0.39, 0.29) is 29.1 Å². The minimum Gasteiger partial charge on any atom is -0.353 e. The molecule has 138 valence electrons. The lowest BCUT2D eigenvalue weighted by Crippen LogP contribution is -2.47. The zero-order valence-electron chi connectivity index (χ0n) is 15.5. The van der Waals surface area contributed by atoms with Crippen molar-refractivity contribution in [2.75, 3.05) is 13.1 Å². The lowest BCUT2D eigenvalue weighted by atomic mass is 9.91. The van der Waals surface area contributed by atoms with E-state index in [1.165, 1.54) is 12.1 Å². The van der Waals surface area contributed by atoms with Crippen molar-refractivity contribution in [3.63, 3.8) is 0 Å². The van der Waals surface area contributed by atoms with Crippen LogP contribution in [0, 0.1) is 11.2 Å². The number of hydrogen-bond donors (Lipinski definition) is 1. The Balaban J connectivity index is 1.71. The van der Waals surface area contributed by atoms with E-state index in [1.807, 2.05) is 4.90 Å². The van der Waals surface area contributed by atoms with E-state index in [0.717, 1.165) is 18.4 Å². The molecule has 1 heterocycles. The molecule has 1 aliphatic heterocycles. The maximum Gasteiger partial charge on any atom is 0.222 e. The molecule has 0 radical (unpaired) electrons. The minimum atomic E-state index is -0.259. The molecule has 0 aliphatic carbocycles. The number of benzene rings is 1. The van der Waals surface area contributed by atoms with Crippen LogP contribution in [0.2, 0.25) is 0 Å². The molecule has 0 unspecified atom stereocenters. The third kappa shape index (κ3) is 6.85. The molecule has 0 aromatic heterocycles. The highest BCUT2D eigenvalue weighted by Gasteiger charge is 2.25. The molecule has 0 spiro atoms. The predicted molar refractivity (Wildman–Crippen MR) is 96.5 cm³/mol. The molecule has 2 rings (SSSR count). The molecule has 1 N–H and O–H groups in total. The van der Waals surface area contributed by atoms with Crippen LogP contribution in [0.4, 0.5) is 4.39 Å². The second-order valence-electron chi connectivity index (χ2n) is 8.09. The number of piperidine rings is 1. The van der Waals surface area contributed by atoms with E-state index in [4.69, 9.17) is 0 Å². The van der Waals surface area contributed by atoms with Gasteiger partial charge in [0.15, 0.2) is 0 Å². The van der Waals surface area contributed by atoms with Crippen LogP contribution in [0.3, 0.4) is 0 Å². The summed E-state index contributed by atoms with van der Waals surface area (Å²) in [5.41, 5.74) is 0.959. The van der Waals surface area contributed by atoms with E-state index < -0.39 is 0 Å². The van der Waals surface area contributed by atoms with Crippen molar-refractivity contribution in [3.05, 3.63) is 35.6 Å². The van der Waals surface area contributed by atoms with Gasteiger partial charge in [-0.1, -0.05) is 32.9 Å². The highest BCUT2D eigenvalue weighted by atomic mass is 19.1. The molecule has 5 heteroatoms. The van der Waals surface area contributed by atoms with Crippen LogP contribution in [0.25, 0.3) is 0 Å². The van der Waals surface area contributed by atoms with E-state index in [1.54, 1.807) is 12.1 Å². The van der Waals surface area contributed by atoms with Gasteiger partial charge in [0.05, 0.1) is 0 Å². The highest BCUT2D eigenvalue weighted by Crippen LogP contribution is 2.19. The maximum absolute atomic E-state index is 12.9. The molecular formula is C20H29FN2O2. The van der Waals surface area contributed by atoms with Crippen LogP contribution in [0.1, 0.15) is 52.0 Å². The topological polar surface area (TPSA) is 49.4 Å². The average Bonchev–Trinajstić information content (AvgIpc) is 2.53. The molecule has 0 saturated carbocycles. The molecule has 4 nitrogen and oxygen atoms in total. The van der Waals surface area contributed by atoms with Gasteiger partial charge in [-0.3, -0.25) is 9.59 Å². The van der Waals surface area contributed by atoms with Crippen molar-refractivity contribution in [2.45, 2.75) is 58.9 Å². The van der Waals surface area contributed by atoms with Crippen LogP contribution in [-0.4, -0.2) is 35.8 Å². The summed E-state index contributed by atoms with van der Waals surface area (Å²) >= 11 is 0. The van der Waals surface area contributed by atoms with Gasteiger partial charge in [0.1, 0.15) is 5.82 Å². The van der Waals surface area contributed by atoms with Crippen LogP contribution in [-0.2, 0) is 16.0 Å². The van der Waals surface area contributed by atoms with Gasteiger partial charge in [-0.05, 0) is 42.4 Å². The largest absolute Gasteiger partial charge is 0.353 e. The third-order valence-corrected chi connectivity index (χ3v) is 4.44. The van der Waals surface area contributed by atoms with Crippen molar-refractivity contribution in [1.82, 2.24) is 10.2 Å². The van der Waals surface area contributed by atoms with E-state index in [9.17, 15) is 14.0 Å². The molecule has 25 heavy (non-hydrogen) atoms. The summed E-state index contributed by atoms with van der Waals surface area (Å²) in [7, 11) is 0. The second-order valence-corrected chi connectivity index (χ2v) is 8.09. The number of carbonyl (C=O) groups excluding carboxylic acids is 2. The van der Waals surface area contributed by atoms with E-state index in [2.05, 4.69) is 26.1 Å². The van der Waals surface area contributed by atoms with Gasteiger partial charge in [0.2, 0.25) is 11.8 Å². The minimum absolute atomic E-state index is 0.0128. The summed E-state index contributed by atoms with van der Waals surface area (Å²) < 4.78 is 12.9. The molecule has 0 atom stereocenters. The fraction of sp³-hybridized carbons (Fsp3) is 0.600. The number of likely N-dealkylation sites (tertiary alicyclic amines) is 1. The fourth-order valence-electron chi connectivity index (χ4n) is 3.09. The van der Waals surface area contributed by atoms with Gasteiger partial charge in [0, 0.05) is 32.0 Å². The Bertz CT molecular complexity index is 585. The Morgan fingerprint density at radius 2 is 1.76 bits per heavy atom. The number of halogens is 1. The van der Waals surface area contributed by atoms with Gasteiger partial charge in [0.25, 0.3) is 0 Å². The fourth-order valence-corrected chi connectivity index (χ4v) is 3.09. The Morgan fingerprint density at radius 1 is 1.16 bits per heavy atom. The van der Waals surface area contributed by atoms with E-state index in [0.29, 0.717) is 32.4 Å². The number of nitrogens with one attached hydrogen (secondary N) is 1. The summed E-state index contributed by atoms with van der Waals surface area (Å²) in [6, 6.07) is 6.45. The summed E-state index contributed by atoms with van der Waals surface area (Å²) in [6.45, 7) is 7.52. The van der Waals surface area contributed by atoms with Gasteiger partial charge < -0.3 is 10.2 Å². The molecule has 1 aromatic carbocycles. The second kappa shape index (κ2) is 8.45. The van der Waals surface area contributed by atoms with Gasteiger partial charge in [-0.15, -0.1) is 0 Å². The molecule has 1 aromatic rings. The van der Waals surface area contributed by atoms with Crippen LogP contribution in [0.15, 0.2) is 24.3 Å². The summed E-state index contributed by atoms with van der Waals surface area (Å²) in [5, 5.41) is 3.09. The van der Waals surface area contributed by atoms with Gasteiger partial charge >= 0.3 is 0 Å². The van der Waals surface area contributed by atoms with Crippen molar-refractivity contribution in [1.29, 1.82) is 0 Å². The first-order valence-electron chi connectivity index (χ1n) is 9.04. The SMILES string of the molecule is CC(C)(C)CC(=O)NC1CCN(C(=O)CCc2ccc(F)cc2)CC1. The molecule has 2 amide bonds. The standard InChI is InChI=1S/C20H29FN2O2/c1-20(2,3)14-18(24)22-17-10-12-23(13-11-17)19(25)9-6-15-4-7-16(21)8-5-15/h4-5,7-8,17H,6,9-14H2,1-3H3,(H,22,24). The predicted octanol–water partition coefficient (Wildman–Crippen LogP) is 3.30. The first-order chi connectivity index (χ1) is 11.7. The monoisotopic (exact) mass is 348 g/mol. The smallest absolute Gasteiger partial charge is 0.222 e. The lowest BCUT2D eigenvalue weighted by Gasteiger charge is -2.33. The van der Waals surface area contributed by atoms with Crippen molar-refractivity contribution >= 4 is 11.8 Å². The Labute approximate surface area is 149 Å². The molecule has 1 saturated heterocycles. The third-order valence-electron chi connectivity index (χ3n) is 4.44. The Kier molecular flexibility index (Phi) is 6.57. The molecule has 1 aliphatic rings. The zero-order chi connectivity index (χ0) is 18.4. The Hall–Kier alpha value is -1.91. The van der Waals surface area contributed by atoms with Crippen LogP contribution < -0.4 is 5.32 Å². The number of amides is 2. The summed E-state index contributed by atoms with van der Waals surface area (Å²) in [6.07, 6.45) is 3.19. The first-order valence-corrected chi connectivity index (χ1v) is 9.04. The summed E-state index contributed by atoms with van der Waals surface area (Å²) in [5.74, 6) is -0.0389. The normalized spacial score (nSPS) is 15.9. The van der Waals surface area contributed by atoms with Crippen molar-refractivity contribution in [2.24, 2.45) is 5.41 Å². The number of rotatable bonds is 5. The van der Waals surface area contributed by atoms with E-state index >= 15 is 0 Å². The van der Waals surface area contributed by atoms with Crippen molar-refractivity contribution < 1.29 is 14.0 Å².